The smallest absolute Gasteiger partial charge is 0.335 e. The number of amides is 1. The molecule has 1 amide bonds. The Morgan fingerprint density at radius 3 is 2.18 bits per heavy atom. The molecule has 3 heterocycles. The number of benzene rings is 2. The lowest BCUT2D eigenvalue weighted by Crippen LogP contribution is -2.71. The number of carbonyl (C=O) groups is 2. The molecule has 0 radical (unpaired) electrons. The third kappa shape index (κ3) is 4.68. The molecule has 33 heavy (non-hydrogen) atoms. The molecule has 3 aliphatic rings. The Labute approximate surface area is 195 Å². The van der Waals surface area contributed by atoms with Gasteiger partial charge in [0.15, 0.2) is 0 Å². The van der Waals surface area contributed by atoms with Crippen LogP contribution in [0.3, 0.4) is 0 Å². The lowest BCUT2D eigenvalue weighted by molar-refractivity contribution is -0.121. The number of hydrogen-bond donors (Lipinski definition) is 2. The first-order valence-corrected chi connectivity index (χ1v) is 12.1. The molecule has 3 saturated heterocycles. The van der Waals surface area contributed by atoms with Crippen LogP contribution in [-0.4, -0.2) is 64.7 Å². The summed E-state index contributed by atoms with van der Waals surface area (Å²) in [5.41, 5.74) is 3.90. The zero-order valence-corrected chi connectivity index (χ0v) is 19.3. The fourth-order valence-corrected chi connectivity index (χ4v) is 5.74. The van der Waals surface area contributed by atoms with Crippen molar-refractivity contribution < 1.29 is 14.7 Å². The van der Waals surface area contributed by atoms with Gasteiger partial charge in [-0.2, -0.15) is 0 Å². The number of carboxylic acids is 1. The van der Waals surface area contributed by atoms with Gasteiger partial charge in [0.1, 0.15) is 0 Å². The van der Waals surface area contributed by atoms with E-state index in [-0.39, 0.29) is 11.4 Å². The number of carbonyl (C=O) groups excluding carboxylic acids is 1. The number of nitrogens with one attached hydrogen (secondary N) is 1. The van der Waals surface area contributed by atoms with Gasteiger partial charge in [-0.1, -0.05) is 36.4 Å². The minimum Gasteiger partial charge on any atom is -0.478 e. The molecule has 0 bridgehead atoms. The quantitative estimate of drug-likeness (QED) is 0.708. The highest BCUT2D eigenvalue weighted by Crippen LogP contribution is 2.34. The van der Waals surface area contributed by atoms with Crippen molar-refractivity contribution in [2.75, 3.05) is 26.2 Å². The molecule has 1 atom stereocenters. The summed E-state index contributed by atoms with van der Waals surface area (Å²) in [7, 11) is 0. The lowest BCUT2D eigenvalue weighted by Gasteiger charge is -2.53. The van der Waals surface area contributed by atoms with Crippen LogP contribution in [0.4, 0.5) is 0 Å². The number of hydrogen-bond acceptors (Lipinski definition) is 4. The topological polar surface area (TPSA) is 72.9 Å². The van der Waals surface area contributed by atoms with Crippen molar-refractivity contribution in [3.8, 4) is 11.1 Å². The molecule has 0 saturated carbocycles. The van der Waals surface area contributed by atoms with E-state index in [2.05, 4.69) is 46.3 Å². The number of rotatable bonds is 6. The Morgan fingerprint density at radius 2 is 1.64 bits per heavy atom. The summed E-state index contributed by atoms with van der Waals surface area (Å²) in [5, 5.41) is 12.2. The Hall–Kier alpha value is -2.70. The number of likely N-dealkylation sites (tertiary alicyclic amines) is 2. The molecule has 2 aromatic carbocycles. The largest absolute Gasteiger partial charge is 0.478 e. The number of carboxylic acid groups (broad SMARTS) is 1. The second kappa shape index (κ2) is 8.92. The first-order valence-electron chi connectivity index (χ1n) is 12.1. The maximum absolute atomic E-state index is 11.6. The van der Waals surface area contributed by atoms with E-state index in [1.165, 1.54) is 18.4 Å². The van der Waals surface area contributed by atoms with Crippen LogP contribution in [0.15, 0.2) is 48.5 Å². The number of nitrogens with zero attached hydrogens (tertiary/aromatic N) is 2. The lowest BCUT2D eigenvalue weighted by atomic mass is 9.86. The molecule has 1 spiro atoms. The Morgan fingerprint density at radius 1 is 1.03 bits per heavy atom. The molecule has 6 heteroatoms. The summed E-state index contributed by atoms with van der Waals surface area (Å²) in [6.07, 6.45) is 5.67. The van der Waals surface area contributed by atoms with Crippen molar-refractivity contribution in [2.45, 2.75) is 50.7 Å². The molecule has 2 N–H and O–H groups in total. The van der Waals surface area contributed by atoms with Crippen molar-refractivity contribution in [3.63, 3.8) is 0 Å². The van der Waals surface area contributed by atoms with E-state index in [0.29, 0.717) is 24.1 Å². The summed E-state index contributed by atoms with van der Waals surface area (Å²) in [5.74, 6) is 0.0340. The fourth-order valence-electron chi connectivity index (χ4n) is 5.74. The number of aromatic carboxylic acids is 1. The molecule has 5 rings (SSSR count). The van der Waals surface area contributed by atoms with E-state index in [0.717, 1.165) is 50.1 Å². The molecule has 2 aromatic rings. The van der Waals surface area contributed by atoms with Crippen LogP contribution >= 0.6 is 0 Å². The normalized spacial score (nSPS) is 22.2. The van der Waals surface area contributed by atoms with Gasteiger partial charge in [0.25, 0.3) is 0 Å². The highest BCUT2D eigenvalue weighted by Gasteiger charge is 2.49. The third-order valence-electron chi connectivity index (χ3n) is 7.90. The van der Waals surface area contributed by atoms with Crippen LogP contribution in [0.5, 0.6) is 0 Å². The van der Waals surface area contributed by atoms with Crippen molar-refractivity contribution in [1.82, 2.24) is 15.1 Å². The minimum atomic E-state index is -0.895. The summed E-state index contributed by atoms with van der Waals surface area (Å²) in [4.78, 5) is 27.7. The average molecular weight is 448 g/mol. The summed E-state index contributed by atoms with van der Waals surface area (Å²) in [6.45, 7) is 6.56. The van der Waals surface area contributed by atoms with Gasteiger partial charge in [-0.15, -0.1) is 0 Å². The second-order valence-electron chi connectivity index (χ2n) is 10.1. The average Bonchev–Trinajstić information content (AvgIpc) is 3.21. The molecule has 1 unspecified atom stereocenters. The van der Waals surface area contributed by atoms with Crippen LogP contribution in [0.2, 0.25) is 0 Å². The van der Waals surface area contributed by atoms with Crippen LogP contribution in [0.25, 0.3) is 11.1 Å². The molecule has 3 fully saturated rings. The maximum Gasteiger partial charge on any atom is 0.335 e. The molecule has 3 aliphatic heterocycles. The predicted molar refractivity (Wildman–Crippen MR) is 128 cm³/mol. The van der Waals surface area contributed by atoms with Gasteiger partial charge in [-0.3, -0.25) is 14.6 Å². The third-order valence-corrected chi connectivity index (χ3v) is 7.90. The highest BCUT2D eigenvalue weighted by atomic mass is 16.4. The van der Waals surface area contributed by atoms with E-state index in [1.807, 2.05) is 12.1 Å². The molecular formula is C27H33N3O3. The zero-order valence-electron chi connectivity index (χ0n) is 19.3. The predicted octanol–water partition coefficient (Wildman–Crippen LogP) is 3.62. The molecule has 0 aliphatic carbocycles. The highest BCUT2D eigenvalue weighted by molar-refractivity contribution is 5.88. The minimum absolute atomic E-state index is 0.0636. The summed E-state index contributed by atoms with van der Waals surface area (Å²) in [6, 6.07) is 15.8. The van der Waals surface area contributed by atoms with Gasteiger partial charge >= 0.3 is 5.97 Å². The van der Waals surface area contributed by atoms with E-state index in [1.54, 1.807) is 12.1 Å². The monoisotopic (exact) mass is 447 g/mol. The van der Waals surface area contributed by atoms with Gasteiger partial charge in [0, 0.05) is 19.5 Å². The van der Waals surface area contributed by atoms with Crippen molar-refractivity contribution in [1.29, 1.82) is 0 Å². The van der Waals surface area contributed by atoms with Gasteiger partial charge < -0.3 is 10.4 Å². The molecular weight excluding hydrogens is 414 g/mol. The Kier molecular flexibility index (Phi) is 5.97. The van der Waals surface area contributed by atoms with Crippen LogP contribution in [0.1, 0.15) is 48.5 Å². The van der Waals surface area contributed by atoms with Crippen molar-refractivity contribution in [2.24, 2.45) is 5.92 Å². The van der Waals surface area contributed by atoms with Gasteiger partial charge in [0.2, 0.25) is 5.91 Å². The van der Waals surface area contributed by atoms with Gasteiger partial charge in [0.05, 0.1) is 17.3 Å². The second-order valence-corrected chi connectivity index (χ2v) is 10.1. The SMILES string of the molecule is CC(N1CCC(Cc2ccc(-c3ccc(C(=O)O)cc3)cc2)CC1)N1CC2(CCC(=O)N2)C1. The van der Waals surface area contributed by atoms with Crippen LogP contribution in [-0.2, 0) is 11.2 Å². The van der Waals surface area contributed by atoms with Gasteiger partial charge in [-0.25, -0.2) is 4.79 Å². The maximum atomic E-state index is 11.6. The molecule has 174 valence electrons. The van der Waals surface area contributed by atoms with E-state index >= 15 is 0 Å². The van der Waals surface area contributed by atoms with Crippen LogP contribution in [0, 0.1) is 5.92 Å². The van der Waals surface area contributed by atoms with Crippen molar-refractivity contribution >= 4 is 11.9 Å². The molecule has 6 nitrogen and oxygen atoms in total. The van der Waals surface area contributed by atoms with Crippen molar-refractivity contribution in [3.05, 3.63) is 59.7 Å². The van der Waals surface area contributed by atoms with Crippen LogP contribution < -0.4 is 5.32 Å². The Balaban J connectivity index is 1.09. The summed E-state index contributed by atoms with van der Waals surface area (Å²) < 4.78 is 0. The van der Waals surface area contributed by atoms with Gasteiger partial charge in [-0.05, 0) is 80.4 Å². The van der Waals surface area contributed by atoms with E-state index in [4.69, 9.17) is 5.11 Å². The molecule has 0 aromatic heterocycles. The zero-order chi connectivity index (χ0) is 23.0. The first-order chi connectivity index (χ1) is 15.9. The fraction of sp³-hybridized carbons (Fsp3) is 0.481. The van der Waals surface area contributed by atoms with E-state index < -0.39 is 5.97 Å². The van der Waals surface area contributed by atoms with E-state index in [9.17, 15) is 9.59 Å². The first kappa shape index (κ1) is 22.1. The summed E-state index contributed by atoms with van der Waals surface area (Å²) >= 11 is 0. The number of piperidine rings is 1. The standard InChI is InChI=1S/C27H33N3O3/c1-19(30-17-27(18-30)13-10-25(31)28-27)29-14-11-21(12-15-29)16-20-2-4-22(5-3-20)23-6-8-24(9-7-23)26(32)33/h2-9,19,21H,10-18H2,1H3,(H,28,31)(H,32,33). The Bertz CT molecular complexity index is 1000.